The third kappa shape index (κ3) is 4.83. The van der Waals surface area contributed by atoms with Gasteiger partial charge in [-0.15, -0.1) is 0 Å². The van der Waals surface area contributed by atoms with Crippen LogP contribution in [0.15, 0.2) is 10.2 Å². The maximum atomic E-state index is 8.88. The molecule has 0 aromatic heterocycles. The molecule has 0 amide bonds. The Morgan fingerprint density at radius 2 is 1.10 bits per heavy atom. The molecule has 21 heavy (non-hydrogen) atoms. The Morgan fingerprint density at radius 3 is 1.43 bits per heavy atom. The van der Waals surface area contributed by atoms with Gasteiger partial charge in [0.2, 0.25) is 0 Å². The van der Waals surface area contributed by atoms with E-state index >= 15 is 0 Å². The maximum Gasteiger partial charge on any atom is 0.0406 e. The van der Waals surface area contributed by atoms with Crippen molar-refractivity contribution in [1.29, 1.82) is 0 Å². The Hall–Kier alpha value is -1.38. The molecule has 2 rings (SSSR count). The van der Waals surface area contributed by atoms with Gasteiger partial charge < -0.3 is 0 Å². The standard InChI is InChI=1S/C15H26N6/c16-20-18-14(12-7-3-1-4-8-12)11-15(19-21-17)13-9-5-2-6-10-13/h12-15H,1-11H2/t14-,15-/m1/s1. The fourth-order valence-corrected chi connectivity index (χ4v) is 4.09. The lowest BCUT2D eigenvalue weighted by Crippen LogP contribution is -2.30. The fraction of sp³-hybridized carbons (Fsp3) is 1.00. The van der Waals surface area contributed by atoms with Crippen LogP contribution in [0.2, 0.25) is 0 Å². The van der Waals surface area contributed by atoms with Crippen LogP contribution in [-0.4, -0.2) is 12.1 Å². The highest BCUT2D eigenvalue weighted by Gasteiger charge is 2.29. The second-order valence-corrected chi connectivity index (χ2v) is 6.58. The van der Waals surface area contributed by atoms with Gasteiger partial charge in [-0.25, -0.2) is 0 Å². The molecule has 6 nitrogen and oxygen atoms in total. The third-order valence-corrected chi connectivity index (χ3v) is 5.27. The minimum Gasteiger partial charge on any atom is -0.0903 e. The van der Waals surface area contributed by atoms with Crippen molar-refractivity contribution in [2.24, 2.45) is 22.1 Å². The van der Waals surface area contributed by atoms with Gasteiger partial charge in [-0.05, 0) is 29.3 Å². The molecule has 2 saturated carbocycles. The second kappa shape index (κ2) is 8.81. The summed E-state index contributed by atoms with van der Waals surface area (Å²) in [6, 6.07) is 0.0143. The molecule has 116 valence electrons. The molecule has 0 aliphatic heterocycles. The zero-order valence-corrected chi connectivity index (χ0v) is 12.8. The quantitative estimate of drug-likeness (QED) is 0.331. The van der Waals surface area contributed by atoms with Crippen LogP contribution >= 0.6 is 0 Å². The Morgan fingerprint density at radius 1 is 0.714 bits per heavy atom. The Balaban J connectivity index is 2.03. The van der Waals surface area contributed by atoms with E-state index in [4.69, 9.17) is 11.1 Å². The first-order chi connectivity index (χ1) is 10.3. The molecule has 2 atom stereocenters. The lowest BCUT2D eigenvalue weighted by atomic mass is 9.77. The van der Waals surface area contributed by atoms with E-state index in [9.17, 15) is 0 Å². The van der Waals surface area contributed by atoms with Crippen LogP contribution in [-0.2, 0) is 0 Å². The van der Waals surface area contributed by atoms with Crippen molar-refractivity contribution in [2.45, 2.75) is 82.7 Å². The summed E-state index contributed by atoms with van der Waals surface area (Å²) in [5, 5.41) is 8.12. The first kappa shape index (κ1) is 16.0. The highest BCUT2D eigenvalue weighted by Crippen LogP contribution is 2.35. The van der Waals surface area contributed by atoms with Gasteiger partial charge in [0, 0.05) is 21.9 Å². The largest absolute Gasteiger partial charge is 0.0903 e. The first-order valence-electron chi connectivity index (χ1n) is 8.43. The highest BCUT2D eigenvalue weighted by molar-refractivity contribution is 4.88. The number of rotatable bonds is 6. The molecule has 0 aromatic rings. The van der Waals surface area contributed by atoms with E-state index in [1.54, 1.807) is 0 Å². The van der Waals surface area contributed by atoms with Gasteiger partial charge in [-0.3, -0.25) is 0 Å². The average molecular weight is 290 g/mol. The molecule has 0 N–H and O–H groups in total. The normalized spacial score (nSPS) is 23.6. The molecule has 0 bridgehead atoms. The molecule has 0 saturated heterocycles. The first-order valence-corrected chi connectivity index (χ1v) is 8.43. The zero-order chi connectivity index (χ0) is 14.9. The minimum absolute atomic E-state index is 0.00715. The van der Waals surface area contributed by atoms with E-state index in [0.717, 1.165) is 32.1 Å². The van der Waals surface area contributed by atoms with Gasteiger partial charge in [0.1, 0.15) is 0 Å². The van der Waals surface area contributed by atoms with E-state index in [2.05, 4.69) is 20.1 Å². The van der Waals surface area contributed by atoms with E-state index in [0.29, 0.717) is 11.8 Å². The summed E-state index contributed by atoms with van der Waals surface area (Å²) in [6.45, 7) is 0. The molecular formula is C15H26N6. The third-order valence-electron chi connectivity index (χ3n) is 5.27. The summed E-state index contributed by atoms with van der Waals surface area (Å²) < 4.78 is 0. The lowest BCUT2D eigenvalue weighted by molar-refractivity contribution is 0.240. The molecule has 2 fully saturated rings. The fourth-order valence-electron chi connectivity index (χ4n) is 4.09. The molecule has 0 unspecified atom stereocenters. The minimum atomic E-state index is 0.00715. The number of nitrogens with zero attached hydrogens (tertiary/aromatic N) is 6. The van der Waals surface area contributed by atoms with Crippen molar-refractivity contribution < 1.29 is 0 Å². The van der Waals surface area contributed by atoms with Crippen LogP contribution in [0.1, 0.15) is 70.6 Å². The van der Waals surface area contributed by atoms with E-state index < -0.39 is 0 Å². The molecule has 2 aliphatic carbocycles. The SMILES string of the molecule is [N-]=[N+]=N[C@H](C[C@@H](N=[N+]=[N-])C1CCCCC1)C1CCCCC1. The molecule has 2 aliphatic rings. The summed E-state index contributed by atoms with van der Waals surface area (Å²) in [5.41, 5.74) is 17.8. The van der Waals surface area contributed by atoms with Gasteiger partial charge in [-0.1, -0.05) is 74.4 Å². The van der Waals surface area contributed by atoms with E-state index in [1.165, 1.54) is 38.5 Å². The van der Waals surface area contributed by atoms with Crippen molar-refractivity contribution in [1.82, 2.24) is 0 Å². The van der Waals surface area contributed by atoms with Gasteiger partial charge in [-0.2, -0.15) is 0 Å². The van der Waals surface area contributed by atoms with Crippen LogP contribution in [0.3, 0.4) is 0 Å². The van der Waals surface area contributed by atoms with Gasteiger partial charge in [0.25, 0.3) is 0 Å². The van der Waals surface area contributed by atoms with Crippen molar-refractivity contribution in [3.8, 4) is 0 Å². The van der Waals surface area contributed by atoms with Crippen LogP contribution < -0.4 is 0 Å². The molecule has 6 heteroatoms. The van der Waals surface area contributed by atoms with Crippen molar-refractivity contribution in [3.63, 3.8) is 0 Å². The molecule has 0 spiro atoms. The van der Waals surface area contributed by atoms with Crippen LogP contribution in [0, 0.1) is 11.8 Å². The summed E-state index contributed by atoms with van der Waals surface area (Å²) in [6.07, 6.45) is 12.9. The number of hydrogen-bond acceptors (Lipinski definition) is 2. The van der Waals surface area contributed by atoms with E-state index in [1.807, 2.05) is 0 Å². The van der Waals surface area contributed by atoms with E-state index in [-0.39, 0.29) is 12.1 Å². The number of hydrogen-bond donors (Lipinski definition) is 0. The Kier molecular flexibility index (Phi) is 6.71. The lowest BCUT2D eigenvalue weighted by Gasteiger charge is -2.32. The topological polar surface area (TPSA) is 97.5 Å². The molecule has 0 heterocycles. The van der Waals surface area contributed by atoms with Crippen molar-refractivity contribution >= 4 is 0 Å². The zero-order valence-electron chi connectivity index (χ0n) is 12.8. The van der Waals surface area contributed by atoms with Crippen molar-refractivity contribution in [3.05, 3.63) is 20.9 Å². The summed E-state index contributed by atoms with van der Waals surface area (Å²) in [7, 11) is 0. The van der Waals surface area contributed by atoms with Crippen LogP contribution in [0.4, 0.5) is 0 Å². The average Bonchev–Trinajstić information content (AvgIpc) is 2.55. The van der Waals surface area contributed by atoms with Gasteiger partial charge in [0.15, 0.2) is 0 Å². The van der Waals surface area contributed by atoms with Gasteiger partial charge >= 0.3 is 0 Å². The van der Waals surface area contributed by atoms with Gasteiger partial charge in [0.05, 0.1) is 0 Å². The summed E-state index contributed by atoms with van der Waals surface area (Å²) >= 11 is 0. The highest BCUT2D eigenvalue weighted by atomic mass is 15.2. The van der Waals surface area contributed by atoms with Crippen LogP contribution in [0.25, 0.3) is 20.9 Å². The maximum absolute atomic E-state index is 8.88. The number of azide groups is 2. The summed E-state index contributed by atoms with van der Waals surface area (Å²) in [5.74, 6) is 0.962. The van der Waals surface area contributed by atoms with Crippen LogP contribution in [0.5, 0.6) is 0 Å². The molecule has 0 aromatic carbocycles. The predicted molar refractivity (Wildman–Crippen MR) is 83.6 cm³/mol. The predicted octanol–water partition coefficient (Wildman–Crippen LogP) is 5.89. The van der Waals surface area contributed by atoms with Crippen molar-refractivity contribution in [2.75, 3.05) is 0 Å². The Labute approximate surface area is 126 Å². The monoisotopic (exact) mass is 290 g/mol. The second-order valence-electron chi connectivity index (χ2n) is 6.58. The molecular weight excluding hydrogens is 264 g/mol. The smallest absolute Gasteiger partial charge is 0.0406 e. The summed E-state index contributed by atoms with van der Waals surface area (Å²) in [4.78, 5) is 6.12. The Bertz CT molecular complexity index is 360. The molecule has 0 radical (unpaired) electrons.